The number of carbonyl (C=O) groups excluding carboxylic acids is 1. The predicted molar refractivity (Wildman–Crippen MR) is 66.4 cm³/mol. The lowest BCUT2D eigenvalue weighted by Gasteiger charge is -2.19. The number of rotatable bonds is 3. The quantitative estimate of drug-likeness (QED) is 0.816. The topological polar surface area (TPSA) is 69.6 Å². The molecule has 1 aliphatic heterocycles. The summed E-state index contributed by atoms with van der Waals surface area (Å²) in [6.45, 7) is 1.44. The smallest absolute Gasteiger partial charge is 0.323 e. The van der Waals surface area contributed by atoms with Crippen molar-refractivity contribution in [3.05, 3.63) is 34.9 Å². The number of nitrogens with zero attached hydrogens (tertiary/aromatic N) is 1. The number of aliphatic carboxylic acids is 1. The predicted octanol–water partition coefficient (Wildman–Crippen LogP) is 0.489. The molecule has 0 radical (unpaired) electrons. The van der Waals surface area contributed by atoms with Crippen molar-refractivity contribution >= 4 is 11.9 Å². The molecule has 0 aliphatic carbocycles. The second-order valence-corrected chi connectivity index (χ2v) is 4.47. The first-order valence-electron chi connectivity index (χ1n) is 5.87. The van der Waals surface area contributed by atoms with Crippen LogP contribution in [0.1, 0.15) is 21.5 Å². The van der Waals surface area contributed by atoms with Crippen molar-refractivity contribution in [1.29, 1.82) is 0 Å². The van der Waals surface area contributed by atoms with Crippen LogP contribution >= 0.6 is 0 Å². The SMILES string of the molecule is CN(CC(=O)O)C(=O)c1ccc2c(c1)CNCC2. The molecule has 1 heterocycles. The van der Waals surface area contributed by atoms with Gasteiger partial charge in [0, 0.05) is 19.2 Å². The van der Waals surface area contributed by atoms with Crippen LogP contribution in [-0.2, 0) is 17.8 Å². The van der Waals surface area contributed by atoms with Gasteiger partial charge < -0.3 is 15.3 Å². The van der Waals surface area contributed by atoms with E-state index in [1.165, 1.54) is 17.5 Å². The standard InChI is InChI=1S/C13H16N2O3/c1-15(8-12(16)17)13(18)10-3-2-9-4-5-14-7-11(9)6-10/h2-3,6,14H,4-5,7-8H2,1H3,(H,16,17). The van der Waals surface area contributed by atoms with Gasteiger partial charge in [-0.3, -0.25) is 9.59 Å². The van der Waals surface area contributed by atoms with Gasteiger partial charge in [-0.1, -0.05) is 6.07 Å². The van der Waals surface area contributed by atoms with Crippen LogP contribution in [0.2, 0.25) is 0 Å². The second-order valence-electron chi connectivity index (χ2n) is 4.47. The summed E-state index contributed by atoms with van der Waals surface area (Å²) in [6, 6.07) is 5.57. The fraction of sp³-hybridized carbons (Fsp3) is 0.385. The largest absolute Gasteiger partial charge is 0.480 e. The Hall–Kier alpha value is -1.88. The van der Waals surface area contributed by atoms with Gasteiger partial charge in [0.05, 0.1) is 0 Å². The molecule has 0 spiro atoms. The molecule has 0 atom stereocenters. The van der Waals surface area contributed by atoms with Crippen molar-refractivity contribution in [2.24, 2.45) is 0 Å². The van der Waals surface area contributed by atoms with Gasteiger partial charge in [0.25, 0.3) is 5.91 Å². The number of likely N-dealkylation sites (N-methyl/N-ethyl adjacent to an activating group) is 1. The number of hydrogen-bond acceptors (Lipinski definition) is 3. The Labute approximate surface area is 105 Å². The summed E-state index contributed by atoms with van der Waals surface area (Å²) < 4.78 is 0. The summed E-state index contributed by atoms with van der Waals surface area (Å²) in [4.78, 5) is 23.8. The molecule has 96 valence electrons. The van der Waals surface area contributed by atoms with E-state index in [0.717, 1.165) is 25.1 Å². The molecule has 0 aromatic heterocycles. The Morgan fingerprint density at radius 1 is 1.39 bits per heavy atom. The zero-order valence-electron chi connectivity index (χ0n) is 10.3. The summed E-state index contributed by atoms with van der Waals surface area (Å²) >= 11 is 0. The summed E-state index contributed by atoms with van der Waals surface area (Å²) in [5, 5.41) is 11.9. The third-order valence-electron chi connectivity index (χ3n) is 3.06. The Morgan fingerprint density at radius 3 is 2.89 bits per heavy atom. The third kappa shape index (κ3) is 2.68. The number of nitrogens with one attached hydrogen (secondary N) is 1. The maximum Gasteiger partial charge on any atom is 0.323 e. The van der Waals surface area contributed by atoms with Crippen molar-refractivity contribution in [2.75, 3.05) is 20.1 Å². The van der Waals surface area contributed by atoms with Crippen molar-refractivity contribution in [3.8, 4) is 0 Å². The van der Waals surface area contributed by atoms with Crippen molar-refractivity contribution in [2.45, 2.75) is 13.0 Å². The first-order chi connectivity index (χ1) is 8.58. The number of hydrogen-bond donors (Lipinski definition) is 2. The highest BCUT2D eigenvalue weighted by Crippen LogP contribution is 2.16. The first kappa shape index (κ1) is 12.6. The molecule has 1 aromatic carbocycles. The molecule has 2 N–H and O–H groups in total. The van der Waals surface area contributed by atoms with Crippen LogP contribution in [0, 0.1) is 0 Å². The minimum absolute atomic E-state index is 0.259. The number of benzene rings is 1. The number of fused-ring (bicyclic) bond motifs is 1. The molecule has 5 heteroatoms. The van der Waals surface area contributed by atoms with E-state index in [1.807, 2.05) is 12.1 Å². The molecule has 2 rings (SSSR count). The van der Waals surface area contributed by atoms with Crippen LogP contribution in [0.25, 0.3) is 0 Å². The normalized spacial score (nSPS) is 13.8. The molecular weight excluding hydrogens is 232 g/mol. The molecule has 0 fully saturated rings. The molecule has 1 amide bonds. The third-order valence-corrected chi connectivity index (χ3v) is 3.06. The van der Waals surface area contributed by atoms with E-state index < -0.39 is 5.97 Å². The highest BCUT2D eigenvalue weighted by Gasteiger charge is 2.16. The number of amides is 1. The van der Waals surface area contributed by atoms with Crippen LogP contribution in [-0.4, -0.2) is 42.0 Å². The van der Waals surface area contributed by atoms with E-state index in [0.29, 0.717) is 5.56 Å². The summed E-state index contributed by atoms with van der Waals surface area (Å²) in [6.07, 6.45) is 0.967. The lowest BCUT2D eigenvalue weighted by atomic mass is 9.98. The Morgan fingerprint density at radius 2 is 2.17 bits per heavy atom. The number of carbonyl (C=O) groups is 2. The molecule has 0 saturated carbocycles. The summed E-state index contributed by atoms with van der Waals surface area (Å²) in [5.41, 5.74) is 2.92. The van der Waals surface area contributed by atoms with Crippen LogP contribution in [0.5, 0.6) is 0 Å². The molecule has 0 bridgehead atoms. The minimum atomic E-state index is -1.01. The average Bonchev–Trinajstić information content (AvgIpc) is 2.36. The molecule has 0 saturated heterocycles. The molecule has 0 unspecified atom stereocenters. The first-order valence-corrected chi connectivity index (χ1v) is 5.87. The van der Waals surface area contributed by atoms with Crippen molar-refractivity contribution in [3.63, 3.8) is 0 Å². The molecule has 1 aliphatic rings. The zero-order valence-corrected chi connectivity index (χ0v) is 10.3. The minimum Gasteiger partial charge on any atom is -0.480 e. The van der Waals surface area contributed by atoms with Gasteiger partial charge in [-0.05, 0) is 36.2 Å². The van der Waals surface area contributed by atoms with Gasteiger partial charge in [0.2, 0.25) is 0 Å². The molecule has 1 aromatic rings. The van der Waals surface area contributed by atoms with Crippen molar-refractivity contribution in [1.82, 2.24) is 10.2 Å². The zero-order chi connectivity index (χ0) is 13.1. The van der Waals surface area contributed by atoms with E-state index in [4.69, 9.17) is 5.11 Å². The monoisotopic (exact) mass is 248 g/mol. The number of carboxylic acids is 1. The lowest BCUT2D eigenvalue weighted by molar-refractivity contribution is -0.137. The second kappa shape index (κ2) is 5.18. The van der Waals surface area contributed by atoms with E-state index in [9.17, 15) is 9.59 Å². The highest BCUT2D eigenvalue weighted by molar-refractivity contribution is 5.95. The van der Waals surface area contributed by atoms with E-state index in [1.54, 1.807) is 6.07 Å². The molecule has 18 heavy (non-hydrogen) atoms. The Bertz CT molecular complexity index is 485. The van der Waals surface area contributed by atoms with Crippen LogP contribution in [0.15, 0.2) is 18.2 Å². The van der Waals surface area contributed by atoms with Gasteiger partial charge in [-0.15, -0.1) is 0 Å². The number of carboxylic acid groups (broad SMARTS) is 1. The van der Waals surface area contributed by atoms with Crippen LogP contribution in [0.4, 0.5) is 0 Å². The van der Waals surface area contributed by atoms with Crippen LogP contribution < -0.4 is 5.32 Å². The Balaban J connectivity index is 2.18. The molecule has 5 nitrogen and oxygen atoms in total. The van der Waals surface area contributed by atoms with E-state index in [-0.39, 0.29) is 12.5 Å². The Kier molecular flexibility index (Phi) is 3.62. The molecular formula is C13H16N2O3. The fourth-order valence-electron chi connectivity index (χ4n) is 2.11. The maximum atomic E-state index is 12.0. The maximum absolute atomic E-state index is 12.0. The van der Waals surface area contributed by atoms with Gasteiger partial charge in [-0.2, -0.15) is 0 Å². The van der Waals surface area contributed by atoms with Gasteiger partial charge in [-0.25, -0.2) is 0 Å². The highest BCUT2D eigenvalue weighted by atomic mass is 16.4. The van der Waals surface area contributed by atoms with E-state index >= 15 is 0 Å². The summed E-state index contributed by atoms with van der Waals surface area (Å²) in [5.74, 6) is -1.27. The van der Waals surface area contributed by atoms with E-state index in [2.05, 4.69) is 5.32 Å². The van der Waals surface area contributed by atoms with Crippen molar-refractivity contribution < 1.29 is 14.7 Å². The fourth-order valence-corrected chi connectivity index (χ4v) is 2.11. The van der Waals surface area contributed by atoms with Gasteiger partial charge in [0.15, 0.2) is 0 Å². The summed E-state index contributed by atoms with van der Waals surface area (Å²) in [7, 11) is 1.49. The average molecular weight is 248 g/mol. The van der Waals surface area contributed by atoms with Gasteiger partial charge >= 0.3 is 5.97 Å². The van der Waals surface area contributed by atoms with Crippen LogP contribution in [0.3, 0.4) is 0 Å². The van der Waals surface area contributed by atoms with Gasteiger partial charge in [0.1, 0.15) is 6.54 Å². The lowest BCUT2D eigenvalue weighted by Crippen LogP contribution is -2.32.